The molecule has 0 saturated carbocycles. The number of hydrogen-bond acceptors (Lipinski definition) is 5. The van der Waals surface area contributed by atoms with Crippen LogP contribution in [0.4, 0.5) is 5.69 Å². The van der Waals surface area contributed by atoms with Crippen LogP contribution in [0.1, 0.15) is 38.1 Å². The van der Waals surface area contributed by atoms with Crippen LogP contribution in [-0.2, 0) is 16.0 Å². The minimum absolute atomic E-state index is 0.101. The van der Waals surface area contributed by atoms with Gasteiger partial charge in [-0.25, -0.2) is 4.98 Å². The van der Waals surface area contributed by atoms with Crippen LogP contribution < -0.4 is 15.4 Å². The first-order chi connectivity index (χ1) is 14.4. The zero-order valence-electron chi connectivity index (χ0n) is 17.3. The molecule has 1 aromatic heterocycles. The van der Waals surface area contributed by atoms with E-state index in [0.717, 1.165) is 27.6 Å². The van der Waals surface area contributed by atoms with Crippen LogP contribution in [0.15, 0.2) is 53.9 Å². The van der Waals surface area contributed by atoms with Gasteiger partial charge in [-0.2, -0.15) is 0 Å². The molecule has 6 nitrogen and oxygen atoms in total. The Kier molecular flexibility index (Phi) is 7.19. The Morgan fingerprint density at radius 1 is 1.17 bits per heavy atom. The van der Waals surface area contributed by atoms with Crippen molar-refractivity contribution in [2.45, 2.75) is 33.2 Å². The standard InChI is InChI=1S/C23H25N3O3S/c1-4-29-21-10-8-17(9-11-21)23-26-20(14-30-23)13-22(28)24-15(2)18-6-5-7-19(12-18)25-16(3)27/h5-12,14-15H,4,13H2,1-3H3,(H,24,28)(H,25,27). The third-order valence-corrected chi connectivity index (χ3v) is 5.33. The van der Waals surface area contributed by atoms with Gasteiger partial charge >= 0.3 is 0 Å². The molecule has 2 N–H and O–H groups in total. The molecule has 2 amide bonds. The highest BCUT2D eigenvalue weighted by Gasteiger charge is 2.13. The summed E-state index contributed by atoms with van der Waals surface area (Å²) in [6, 6.07) is 15.0. The number of nitrogens with one attached hydrogen (secondary N) is 2. The van der Waals surface area contributed by atoms with Crippen molar-refractivity contribution in [3.63, 3.8) is 0 Å². The average Bonchev–Trinajstić information content (AvgIpc) is 3.16. The van der Waals surface area contributed by atoms with Crippen molar-refractivity contribution < 1.29 is 14.3 Å². The van der Waals surface area contributed by atoms with E-state index in [1.807, 2.05) is 67.8 Å². The molecule has 3 rings (SSSR count). The van der Waals surface area contributed by atoms with E-state index in [2.05, 4.69) is 15.6 Å². The lowest BCUT2D eigenvalue weighted by Gasteiger charge is -2.15. The zero-order chi connectivity index (χ0) is 21.5. The summed E-state index contributed by atoms with van der Waals surface area (Å²) < 4.78 is 5.46. The van der Waals surface area contributed by atoms with E-state index in [-0.39, 0.29) is 24.3 Å². The van der Waals surface area contributed by atoms with Gasteiger partial charge < -0.3 is 15.4 Å². The van der Waals surface area contributed by atoms with Crippen LogP contribution >= 0.6 is 11.3 Å². The van der Waals surface area contributed by atoms with E-state index in [4.69, 9.17) is 4.74 Å². The van der Waals surface area contributed by atoms with Crippen LogP contribution in [0.5, 0.6) is 5.75 Å². The highest BCUT2D eigenvalue weighted by atomic mass is 32.1. The van der Waals surface area contributed by atoms with Gasteiger partial charge in [-0.15, -0.1) is 11.3 Å². The number of carbonyl (C=O) groups is 2. The maximum absolute atomic E-state index is 12.5. The quantitative estimate of drug-likeness (QED) is 0.555. The Morgan fingerprint density at radius 3 is 2.63 bits per heavy atom. The summed E-state index contributed by atoms with van der Waals surface area (Å²) in [4.78, 5) is 28.3. The molecule has 1 unspecified atom stereocenters. The van der Waals surface area contributed by atoms with Crippen LogP contribution in [0.3, 0.4) is 0 Å². The molecule has 0 bridgehead atoms. The van der Waals surface area contributed by atoms with Gasteiger partial charge in [0, 0.05) is 23.6 Å². The molecular formula is C23H25N3O3S. The van der Waals surface area contributed by atoms with Crippen molar-refractivity contribution >= 4 is 28.8 Å². The predicted octanol–water partition coefficient (Wildman–Crippen LogP) is 4.59. The van der Waals surface area contributed by atoms with Crippen LogP contribution in [0.2, 0.25) is 0 Å². The maximum atomic E-state index is 12.5. The number of anilines is 1. The number of hydrogen-bond donors (Lipinski definition) is 2. The molecule has 156 valence electrons. The second-order valence-electron chi connectivity index (χ2n) is 6.87. The third kappa shape index (κ3) is 5.90. The van der Waals surface area contributed by atoms with Crippen LogP contribution in [0, 0.1) is 0 Å². The molecule has 3 aromatic rings. The smallest absolute Gasteiger partial charge is 0.226 e. The first-order valence-corrected chi connectivity index (χ1v) is 10.7. The molecule has 0 aliphatic heterocycles. The van der Waals surface area contributed by atoms with Gasteiger partial charge in [0.25, 0.3) is 0 Å². The number of nitrogens with zero attached hydrogens (tertiary/aromatic N) is 1. The Balaban J connectivity index is 1.59. The Labute approximate surface area is 180 Å². The number of amides is 2. The lowest BCUT2D eigenvalue weighted by atomic mass is 10.1. The first kappa shape index (κ1) is 21.5. The predicted molar refractivity (Wildman–Crippen MR) is 120 cm³/mol. The molecule has 0 aliphatic carbocycles. The molecular weight excluding hydrogens is 398 g/mol. The van der Waals surface area contributed by atoms with E-state index in [1.165, 1.54) is 18.3 Å². The number of aromatic nitrogens is 1. The minimum atomic E-state index is -0.185. The van der Waals surface area contributed by atoms with E-state index in [1.54, 1.807) is 0 Å². The van der Waals surface area contributed by atoms with Gasteiger partial charge in [-0.1, -0.05) is 12.1 Å². The lowest BCUT2D eigenvalue weighted by Crippen LogP contribution is -2.28. The van der Waals surface area contributed by atoms with Gasteiger partial charge in [0.1, 0.15) is 10.8 Å². The molecule has 1 heterocycles. The number of thiazole rings is 1. The molecule has 30 heavy (non-hydrogen) atoms. The van der Waals surface area contributed by atoms with Crippen molar-refractivity contribution in [2.75, 3.05) is 11.9 Å². The van der Waals surface area contributed by atoms with E-state index in [9.17, 15) is 9.59 Å². The fourth-order valence-electron chi connectivity index (χ4n) is 3.01. The van der Waals surface area contributed by atoms with Crippen molar-refractivity contribution in [3.05, 3.63) is 65.2 Å². The summed E-state index contributed by atoms with van der Waals surface area (Å²) >= 11 is 1.51. The molecule has 1 atom stereocenters. The van der Waals surface area contributed by atoms with E-state index < -0.39 is 0 Å². The maximum Gasteiger partial charge on any atom is 0.226 e. The summed E-state index contributed by atoms with van der Waals surface area (Å²) in [5.74, 6) is 0.598. The zero-order valence-corrected chi connectivity index (χ0v) is 18.1. The molecule has 0 fully saturated rings. The number of rotatable bonds is 8. The van der Waals surface area contributed by atoms with Crippen LogP contribution in [-0.4, -0.2) is 23.4 Å². The summed E-state index contributed by atoms with van der Waals surface area (Å²) in [5.41, 5.74) is 3.36. The summed E-state index contributed by atoms with van der Waals surface area (Å²) in [6.45, 7) is 5.96. The second-order valence-corrected chi connectivity index (χ2v) is 7.73. The second kappa shape index (κ2) is 10.0. The van der Waals surface area contributed by atoms with Crippen molar-refractivity contribution in [2.24, 2.45) is 0 Å². The van der Waals surface area contributed by atoms with Crippen molar-refractivity contribution in [3.8, 4) is 16.3 Å². The largest absolute Gasteiger partial charge is 0.494 e. The molecule has 0 radical (unpaired) electrons. The highest BCUT2D eigenvalue weighted by Crippen LogP contribution is 2.26. The third-order valence-electron chi connectivity index (χ3n) is 4.39. The van der Waals surface area contributed by atoms with E-state index in [0.29, 0.717) is 12.3 Å². The highest BCUT2D eigenvalue weighted by molar-refractivity contribution is 7.13. The fourth-order valence-corrected chi connectivity index (χ4v) is 3.84. The minimum Gasteiger partial charge on any atom is -0.494 e. The SMILES string of the molecule is CCOc1ccc(-c2nc(CC(=O)NC(C)c3cccc(NC(C)=O)c3)cs2)cc1. The van der Waals surface area contributed by atoms with Crippen LogP contribution in [0.25, 0.3) is 10.6 Å². The van der Waals surface area contributed by atoms with E-state index >= 15 is 0 Å². The number of carbonyl (C=O) groups excluding carboxylic acids is 2. The molecule has 2 aromatic carbocycles. The van der Waals surface area contributed by atoms with Crippen molar-refractivity contribution in [1.29, 1.82) is 0 Å². The Hall–Kier alpha value is -3.19. The number of ether oxygens (including phenoxy) is 1. The summed E-state index contributed by atoms with van der Waals surface area (Å²) in [5, 5.41) is 8.53. The molecule has 0 aliphatic rings. The normalized spacial score (nSPS) is 11.6. The van der Waals surface area contributed by atoms with Gasteiger partial charge in [0.15, 0.2) is 0 Å². The Bertz CT molecular complexity index is 1010. The van der Waals surface area contributed by atoms with Crippen molar-refractivity contribution in [1.82, 2.24) is 10.3 Å². The van der Waals surface area contributed by atoms with Gasteiger partial charge in [0.05, 0.1) is 24.8 Å². The average molecular weight is 424 g/mol. The summed E-state index contributed by atoms with van der Waals surface area (Å²) in [6.07, 6.45) is 0.212. The lowest BCUT2D eigenvalue weighted by molar-refractivity contribution is -0.121. The molecule has 0 spiro atoms. The monoisotopic (exact) mass is 423 g/mol. The summed E-state index contributed by atoms with van der Waals surface area (Å²) in [7, 11) is 0. The van der Waals surface area contributed by atoms with Gasteiger partial charge in [0.2, 0.25) is 11.8 Å². The molecule has 0 saturated heterocycles. The fraction of sp³-hybridized carbons (Fsp3) is 0.261. The number of benzene rings is 2. The molecule has 7 heteroatoms. The Morgan fingerprint density at radius 2 is 1.93 bits per heavy atom. The van der Waals surface area contributed by atoms with Gasteiger partial charge in [-0.3, -0.25) is 9.59 Å². The topological polar surface area (TPSA) is 80.3 Å². The van der Waals surface area contributed by atoms with Gasteiger partial charge in [-0.05, 0) is 55.8 Å². The first-order valence-electron chi connectivity index (χ1n) is 9.79.